The highest BCUT2D eigenvalue weighted by Crippen LogP contribution is 2.52. The minimum absolute atomic E-state index is 0.0556. The largest absolute Gasteiger partial charge is 0.343 e. The Kier molecular flexibility index (Phi) is 7.97. The minimum atomic E-state index is -0.640. The fourth-order valence-electron chi connectivity index (χ4n) is 8.50. The van der Waals surface area contributed by atoms with Crippen LogP contribution in [0, 0.1) is 11.2 Å². The molecule has 256 valence electrons. The fourth-order valence-corrected chi connectivity index (χ4v) is 8.92. The van der Waals surface area contributed by atoms with Gasteiger partial charge < -0.3 is 19.7 Å². The van der Waals surface area contributed by atoms with E-state index in [0.29, 0.717) is 48.9 Å². The van der Waals surface area contributed by atoms with Crippen molar-refractivity contribution in [2.75, 3.05) is 36.4 Å². The summed E-state index contributed by atoms with van der Waals surface area (Å²) >= 11 is 2.33. The van der Waals surface area contributed by atoms with Gasteiger partial charge in [0.15, 0.2) is 11.6 Å². The summed E-state index contributed by atoms with van der Waals surface area (Å²) in [6, 6.07) is 10.5. The van der Waals surface area contributed by atoms with Gasteiger partial charge in [-0.05, 0) is 74.8 Å². The van der Waals surface area contributed by atoms with Crippen molar-refractivity contribution in [2.45, 2.75) is 81.3 Å². The highest BCUT2D eigenvalue weighted by Gasteiger charge is 2.56. The predicted molar refractivity (Wildman–Crippen MR) is 197 cm³/mol. The first-order chi connectivity index (χ1) is 23.4. The Morgan fingerprint density at radius 3 is 2.53 bits per heavy atom. The van der Waals surface area contributed by atoms with Crippen molar-refractivity contribution in [3.63, 3.8) is 0 Å². The Labute approximate surface area is 299 Å². The van der Waals surface area contributed by atoms with E-state index in [1.807, 2.05) is 21.6 Å². The number of halogens is 2. The Hall–Kier alpha value is -3.65. The molecule has 1 spiro atoms. The Morgan fingerprint density at radius 2 is 1.86 bits per heavy atom. The van der Waals surface area contributed by atoms with Gasteiger partial charge in [-0.2, -0.15) is 0 Å². The van der Waals surface area contributed by atoms with E-state index in [2.05, 4.69) is 75.6 Å². The summed E-state index contributed by atoms with van der Waals surface area (Å²) in [6.07, 6.45) is 8.87. The standard InChI is InChI=1S/C37H42FIN8O2/c1-22(39)46-21-41-31-18-30(43-34(33(31)46)42-29-7-11-40-19-28(29)38)24-5-6-27-32(15-24)47(26-16-25(17-26)45-12-8-36(3,4)20-45)35(49)37(27)9-13-44(14-10-37)23(2)48/h5-7,11,15,18-19,21-22,25-26H,8-10,12-14,16-17,20H2,1-4H3,(H,40,42,43). The van der Waals surface area contributed by atoms with Crippen molar-refractivity contribution in [3.05, 3.63) is 60.4 Å². The topological polar surface area (TPSA) is 99.5 Å². The van der Waals surface area contributed by atoms with Gasteiger partial charge >= 0.3 is 0 Å². The van der Waals surface area contributed by atoms with E-state index >= 15 is 0 Å². The lowest BCUT2D eigenvalue weighted by Crippen LogP contribution is -2.57. The molecule has 1 N–H and O–H groups in total. The highest BCUT2D eigenvalue weighted by molar-refractivity contribution is 14.1. The molecular weight excluding hydrogens is 734 g/mol. The molecule has 1 saturated carbocycles. The van der Waals surface area contributed by atoms with Crippen molar-refractivity contribution in [2.24, 2.45) is 5.41 Å². The zero-order valence-electron chi connectivity index (χ0n) is 28.4. The lowest BCUT2D eigenvalue weighted by atomic mass is 9.73. The van der Waals surface area contributed by atoms with Gasteiger partial charge in [0, 0.05) is 56.1 Å². The molecule has 8 rings (SSSR count). The number of alkyl halides is 1. The van der Waals surface area contributed by atoms with Crippen molar-refractivity contribution in [1.82, 2.24) is 29.3 Å². The summed E-state index contributed by atoms with van der Waals surface area (Å²) < 4.78 is 16.9. The number of aromatic nitrogens is 4. The Bertz CT molecular complexity index is 1960. The molecule has 49 heavy (non-hydrogen) atoms. The second kappa shape index (κ2) is 12.0. The lowest BCUT2D eigenvalue weighted by Gasteiger charge is -2.46. The number of likely N-dealkylation sites (tertiary alicyclic amines) is 2. The van der Waals surface area contributed by atoms with Gasteiger partial charge in [-0.15, -0.1) is 0 Å². The van der Waals surface area contributed by atoms with Gasteiger partial charge in [-0.1, -0.05) is 48.6 Å². The predicted octanol–water partition coefficient (Wildman–Crippen LogP) is 6.82. The summed E-state index contributed by atoms with van der Waals surface area (Å²) in [7, 11) is 0. The van der Waals surface area contributed by atoms with Crippen LogP contribution < -0.4 is 10.2 Å². The van der Waals surface area contributed by atoms with Gasteiger partial charge in [0.2, 0.25) is 11.8 Å². The summed E-state index contributed by atoms with van der Waals surface area (Å²) in [5.74, 6) is 0.248. The van der Waals surface area contributed by atoms with E-state index in [1.54, 1.807) is 25.5 Å². The van der Waals surface area contributed by atoms with Crippen molar-refractivity contribution in [3.8, 4) is 11.3 Å². The molecular formula is C37H42FIN8O2. The van der Waals surface area contributed by atoms with Crippen molar-refractivity contribution < 1.29 is 14.0 Å². The maximum Gasteiger partial charge on any atom is 0.238 e. The van der Waals surface area contributed by atoms with Gasteiger partial charge in [0.1, 0.15) is 5.52 Å². The number of anilines is 3. The molecule has 2 amide bonds. The summed E-state index contributed by atoms with van der Waals surface area (Å²) in [6.45, 7) is 11.7. The normalized spacial score (nSPS) is 23.6. The third-order valence-corrected chi connectivity index (χ3v) is 12.0. The zero-order chi connectivity index (χ0) is 34.2. The Balaban J connectivity index is 1.19. The average Bonchev–Trinajstić information content (AvgIpc) is 3.71. The van der Waals surface area contributed by atoms with Crippen LogP contribution in [0.15, 0.2) is 49.1 Å². The fraction of sp³-hybridized carbons (Fsp3) is 0.486. The van der Waals surface area contributed by atoms with Crippen LogP contribution in [-0.2, 0) is 15.0 Å². The molecule has 3 fully saturated rings. The van der Waals surface area contributed by atoms with Crippen LogP contribution in [0.5, 0.6) is 0 Å². The van der Waals surface area contributed by atoms with Gasteiger partial charge in [0.25, 0.3) is 0 Å². The summed E-state index contributed by atoms with van der Waals surface area (Å²) in [4.78, 5) is 47.2. The quantitative estimate of drug-likeness (QED) is 0.170. The molecule has 12 heteroatoms. The molecule has 1 aromatic carbocycles. The number of piperidine rings is 1. The summed E-state index contributed by atoms with van der Waals surface area (Å²) in [5.41, 5.74) is 5.04. The number of hydrogen-bond acceptors (Lipinski definition) is 7. The highest BCUT2D eigenvalue weighted by atomic mass is 127. The number of fused-ring (bicyclic) bond motifs is 3. The van der Waals surface area contributed by atoms with E-state index in [0.717, 1.165) is 53.8 Å². The van der Waals surface area contributed by atoms with Crippen LogP contribution in [0.2, 0.25) is 0 Å². The molecule has 0 radical (unpaired) electrons. The molecule has 2 saturated heterocycles. The summed E-state index contributed by atoms with van der Waals surface area (Å²) in [5, 5.41) is 3.22. The van der Waals surface area contributed by atoms with Gasteiger partial charge in [-0.3, -0.25) is 19.5 Å². The molecule has 6 heterocycles. The molecule has 0 bridgehead atoms. The molecule has 1 unspecified atom stereocenters. The number of rotatable bonds is 6. The maximum absolute atomic E-state index is 14.8. The molecule has 10 nitrogen and oxygen atoms in total. The second-order valence-electron chi connectivity index (χ2n) is 15.1. The number of hydrogen-bond donors (Lipinski definition) is 1. The van der Waals surface area contributed by atoms with Crippen molar-refractivity contribution >= 4 is 62.6 Å². The first-order valence-corrected chi connectivity index (χ1v) is 18.5. The zero-order valence-corrected chi connectivity index (χ0v) is 30.6. The number of nitrogens with zero attached hydrogens (tertiary/aromatic N) is 7. The third kappa shape index (κ3) is 5.49. The van der Waals surface area contributed by atoms with E-state index in [1.165, 1.54) is 12.6 Å². The van der Waals surface area contributed by atoms with E-state index in [-0.39, 0.29) is 27.6 Å². The first kappa shape index (κ1) is 32.5. The molecule has 1 atom stereocenters. The van der Waals surface area contributed by atoms with Crippen LogP contribution >= 0.6 is 22.6 Å². The van der Waals surface area contributed by atoms with Gasteiger partial charge in [-0.25, -0.2) is 14.4 Å². The van der Waals surface area contributed by atoms with E-state index in [4.69, 9.17) is 9.97 Å². The van der Waals surface area contributed by atoms with Crippen LogP contribution in [-0.4, -0.2) is 79.4 Å². The number of carbonyl (C=O) groups is 2. The van der Waals surface area contributed by atoms with E-state index in [9.17, 15) is 14.0 Å². The van der Waals surface area contributed by atoms with Gasteiger partial charge in [0.05, 0.1) is 38.9 Å². The molecule has 3 aliphatic heterocycles. The minimum Gasteiger partial charge on any atom is -0.343 e. The van der Waals surface area contributed by atoms with Crippen molar-refractivity contribution in [1.29, 1.82) is 0 Å². The monoisotopic (exact) mass is 776 g/mol. The van der Waals surface area contributed by atoms with Crippen LogP contribution in [0.3, 0.4) is 0 Å². The van der Waals surface area contributed by atoms with Crippen LogP contribution in [0.1, 0.15) is 69.4 Å². The smallest absolute Gasteiger partial charge is 0.238 e. The van der Waals surface area contributed by atoms with E-state index < -0.39 is 11.2 Å². The number of nitrogens with one attached hydrogen (secondary N) is 1. The first-order valence-electron chi connectivity index (χ1n) is 17.3. The number of benzene rings is 1. The second-order valence-corrected chi connectivity index (χ2v) is 16.9. The maximum atomic E-state index is 14.8. The molecule has 1 aliphatic carbocycles. The number of amides is 2. The molecule has 4 aromatic rings. The molecule has 3 aromatic heterocycles. The Morgan fingerprint density at radius 1 is 1.08 bits per heavy atom. The van der Waals surface area contributed by atoms with Crippen LogP contribution in [0.25, 0.3) is 22.3 Å². The SMILES string of the molecule is CC(=O)N1CCC2(CC1)C(=O)N(C1CC(N3CCC(C)(C)C3)C1)c1cc(-c3cc4ncn(C(C)I)c4c(Nc4ccncc4F)n3)ccc12. The number of pyridine rings is 2. The average molecular weight is 777 g/mol. The van der Waals surface area contributed by atoms with Crippen LogP contribution in [0.4, 0.5) is 21.6 Å². The third-order valence-electron chi connectivity index (χ3n) is 11.4. The lowest BCUT2D eigenvalue weighted by molar-refractivity contribution is -0.134. The number of carbonyl (C=O) groups excluding carboxylic acids is 2. The number of imidazole rings is 1. The molecule has 4 aliphatic rings.